The largest absolute Gasteiger partial charge is 0.309 e. The summed E-state index contributed by atoms with van der Waals surface area (Å²) in [4.78, 5) is 15.3. The Bertz CT molecular complexity index is 3820. The number of hydrogen-bond acceptors (Lipinski definition) is 4. The Morgan fingerprint density at radius 1 is 0.306 bits per heavy atom. The lowest BCUT2D eigenvalue weighted by molar-refractivity contribution is 1.08. The molecule has 62 heavy (non-hydrogen) atoms. The van der Waals surface area contributed by atoms with Gasteiger partial charge in [0.1, 0.15) is 0 Å². The molecule has 0 atom stereocenters. The average Bonchev–Trinajstić information content (AvgIpc) is 3.90. The lowest BCUT2D eigenvalue weighted by atomic mass is 9.92. The monoisotopic (exact) mass is 806 g/mol. The molecule has 0 aliphatic rings. The summed E-state index contributed by atoms with van der Waals surface area (Å²) in [5.74, 6) is 1.98. The van der Waals surface area contributed by atoms with Gasteiger partial charge in [-0.05, 0) is 79.8 Å². The molecule has 0 amide bonds. The van der Waals surface area contributed by atoms with Crippen molar-refractivity contribution in [3.63, 3.8) is 0 Å². The van der Waals surface area contributed by atoms with Crippen molar-refractivity contribution in [3.05, 3.63) is 206 Å². The Kier molecular flexibility index (Phi) is 7.74. The van der Waals surface area contributed by atoms with Crippen molar-refractivity contribution in [3.8, 4) is 51.0 Å². The summed E-state index contributed by atoms with van der Waals surface area (Å²) >= 11 is 1.83. The molecule has 13 rings (SSSR count). The molecule has 0 fully saturated rings. The first-order valence-electron chi connectivity index (χ1n) is 20.9. The number of hydrogen-bond donors (Lipinski definition) is 0. The van der Waals surface area contributed by atoms with Crippen LogP contribution in [-0.4, -0.2) is 19.5 Å². The van der Waals surface area contributed by atoms with Crippen molar-refractivity contribution < 1.29 is 0 Å². The minimum absolute atomic E-state index is 0.657. The molecule has 0 saturated carbocycles. The molecule has 0 saturated heterocycles. The fourth-order valence-electron chi connectivity index (χ4n) is 9.58. The molecule has 0 aliphatic carbocycles. The van der Waals surface area contributed by atoms with Gasteiger partial charge in [0.2, 0.25) is 0 Å². The van der Waals surface area contributed by atoms with Gasteiger partial charge >= 0.3 is 0 Å². The van der Waals surface area contributed by atoms with E-state index in [9.17, 15) is 0 Å². The van der Waals surface area contributed by atoms with Crippen molar-refractivity contribution in [2.24, 2.45) is 0 Å². The van der Waals surface area contributed by atoms with Crippen molar-refractivity contribution >= 4 is 85.6 Å². The first-order chi connectivity index (χ1) is 30.7. The standard InChI is InChI=1S/C57H34N4S/c1-4-15-35(16-5-1)55-58-56(36-17-6-2-7-18-36)60-57(59-55)48-26-14-25-45-46-31-32-50-52(54(46)62-53(45)48)47-30-28-38(34-51(47)61(50)39-19-8-3-9-20-39)37-27-29-44-42-23-11-10-21-40(42)41-22-12-13-24-43(41)49(44)33-37/h1-34H. The van der Waals surface area contributed by atoms with Gasteiger partial charge in [-0.25, -0.2) is 15.0 Å². The molecule has 0 aliphatic heterocycles. The van der Waals surface area contributed by atoms with E-state index in [4.69, 9.17) is 15.0 Å². The number of aromatic nitrogens is 4. The van der Waals surface area contributed by atoms with Gasteiger partial charge < -0.3 is 4.57 Å². The van der Waals surface area contributed by atoms with Crippen LogP contribution in [0.5, 0.6) is 0 Å². The van der Waals surface area contributed by atoms with Crippen LogP contribution < -0.4 is 0 Å². The molecule has 0 radical (unpaired) electrons. The highest BCUT2D eigenvalue weighted by atomic mass is 32.1. The molecule has 0 spiro atoms. The zero-order valence-electron chi connectivity index (χ0n) is 33.3. The van der Waals surface area contributed by atoms with Crippen molar-refractivity contribution in [2.45, 2.75) is 0 Å². The minimum Gasteiger partial charge on any atom is -0.309 e. The van der Waals surface area contributed by atoms with Crippen LogP contribution in [0.1, 0.15) is 0 Å². The third-order valence-electron chi connectivity index (χ3n) is 12.4. The average molecular weight is 807 g/mol. The first-order valence-corrected chi connectivity index (χ1v) is 21.8. The lowest BCUT2D eigenvalue weighted by Gasteiger charge is -2.12. The van der Waals surface area contributed by atoms with E-state index in [0.717, 1.165) is 27.1 Å². The number of benzene rings is 10. The molecule has 5 heteroatoms. The molecule has 0 N–H and O–H groups in total. The Balaban J connectivity index is 1.04. The van der Waals surface area contributed by atoms with Crippen molar-refractivity contribution in [1.82, 2.24) is 19.5 Å². The highest BCUT2D eigenvalue weighted by Gasteiger charge is 2.21. The van der Waals surface area contributed by atoms with E-state index in [1.807, 2.05) is 47.7 Å². The van der Waals surface area contributed by atoms with Gasteiger partial charge in [0.15, 0.2) is 17.5 Å². The summed E-state index contributed by atoms with van der Waals surface area (Å²) < 4.78 is 4.85. The van der Waals surface area contributed by atoms with Crippen LogP contribution in [0, 0.1) is 0 Å². The first kappa shape index (κ1) is 34.8. The fraction of sp³-hybridized carbons (Fsp3) is 0. The Labute approximate surface area is 360 Å². The molecule has 288 valence electrons. The second-order valence-electron chi connectivity index (χ2n) is 15.9. The van der Waals surface area contributed by atoms with Gasteiger partial charge in [0.05, 0.1) is 11.0 Å². The number of rotatable bonds is 5. The smallest absolute Gasteiger partial charge is 0.165 e. The van der Waals surface area contributed by atoms with Crippen LogP contribution in [0.25, 0.3) is 125 Å². The Morgan fingerprint density at radius 2 is 0.790 bits per heavy atom. The predicted octanol–water partition coefficient (Wildman–Crippen LogP) is 15.5. The van der Waals surface area contributed by atoms with Crippen LogP contribution in [0.3, 0.4) is 0 Å². The van der Waals surface area contributed by atoms with Gasteiger partial charge in [0, 0.05) is 53.3 Å². The van der Waals surface area contributed by atoms with Gasteiger partial charge in [-0.3, -0.25) is 0 Å². The third-order valence-corrected chi connectivity index (χ3v) is 13.7. The summed E-state index contributed by atoms with van der Waals surface area (Å²) in [6.45, 7) is 0. The van der Waals surface area contributed by atoms with Crippen LogP contribution in [0.2, 0.25) is 0 Å². The molecule has 3 aromatic heterocycles. The fourth-order valence-corrected chi connectivity index (χ4v) is 10.9. The third kappa shape index (κ3) is 5.35. The topological polar surface area (TPSA) is 43.6 Å². The van der Waals surface area contributed by atoms with E-state index >= 15 is 0 Å². The molecule has 4 nitrogen and oxygen atoms in total. The summed E-state index contributed by atoms with van der Waals surface area (Å²) in [5, 5.41) is 12.6. The number of fused-ring (bicyclic) bond motifs is 13. The maximum Gasteiger partial charge on any atom is 0.165 e. The second-order valence-corrected chi connectivity index (χ2v) is 16.9. The minimum atomic E-state index is 0.657. The molecular formula is C57H34N4S. The molecule has 0 bridgehead atoms. The van der Waals surface area contributed by atoms with Gasteiger partial charge in [0.25, 0.3) is 0 Å². The highest BCUT2D eigenvalue weighted by Crippen LogP contribution is 2.47. The van der Waals surface area contributed by atoms with Crippen molar-refractivity contribution in [2.75, 3.05) is 0 Å². The SMILES string of the molecule is c1ccc(-c2nc(-c3ccccc3)nc(-c3cccc4c3sc3c4ccc4c3c3ccc(-c5ccc6c7ccccc7c7ccccc7c6c5)cc3n4-c3ccccc3)n2)cc1. The van der Waals surface area contributed by atoms with E-state index in [-0.39, 0.29) is 0 Å². The van der Waals surface area contributed by atoms with Gasteiger partial charge in [-0.1, -0.05) is 170 Å². The molecule has 3 heterocycles. The number of para-hydroxylation sites is 1. The maximum atomic E-state index is 5.15. The summed E-state index contributed by atoms with van der Waals surface area (Å²) in [6.07, 6.45) is 0. The molecular weight excluding hydrogens is 773 g/mol. The summed E-state index contributed by atoms with van der Waals surface area (Å²) in [5.41, 5.74) is 8.78. The molecule has 0 unspecified atom stereocenters. The lowest BCUT2D eigenvalue weighted by Crippen LogP contribution is -2.00. The van der Waals surface area contributed by atoms with Gasteiger partial charge in [-0.15, -0.1) is 11.3 Å². The zero-order valence-corrected chi connectivity index (χ0v) is 34.1. The van der Waals surface area contributed by atoms with E-state index in [2.05, 4.69) is 174 Å². The summed E-state index contributed by atoms with van der Waals surface area (Å²) in [7, 11) is 0. The van der Waals surface area contributed by atoms with Gasteiger partial charge in [-0.2, -0.15) is 0 Å². The van der Waals surface area contributed by atoms with Crippen molar-refractivity contribution in [1.29, 1.82) is 0 Å². The number of nitrogens with zero attached hydrogens (tertiary/aromatic N) is 4. The molecule has 13 aromatic rings. The van der Waals surface area contributed by atoms with Crippen LogP contribution >= 0.6 is 11.3 Å². The second kappa shape index (κ2) is 13.8. The van der Waals surface area contributed by atoms with Crippen LogP contribution in [0.15, 0.2) is 206 Å². The summed E-state index contributed by atoms with van der Waals surface area (Å²) in [6, 6.07) is 73.9. The quantitative estimate of drug-likeness (QED) is 0.163. The van der Waals surface area contributed by atoms with E-state index in [1.54, 1.807) is 0 Å². The highest BCUT2D eigenvalue weighted by molar-refractivity contribution is 7.27. The predicted molar refractivity (Wildman–Crippen MR) is 261 cm³/mol. The number of thiophene rings is 1. The molecule has 10 aromatic carbocycles. The van der Waals surface area contributed by atoms with E-state index in [0.29, 0.717) is 17.5 Å². The maximum absolute atomic E-state index is 5.15. The Morgan fingerprint density at radius 3 is 1.44 bits per heavy atom. The van der Waals surface area contributed by atoms with E-state index in [1.165, 1.54) is 80.7 Å². The van der Waals surface area contributed by atoms with Crippen LogP contribution in [0.4, 0.5) is 0 Å². The Hall–Kier alpha value is -7.99. The van der Waals surface area contributed by atoms with E-state index < -0.39 is 0 Å². The van der Waals surface area contributed by atoms with Crippen LogP contribution in [-0.2, 0) is 0 Å². The zero-order chi connectivity index (χ0) is 40.7. The normalized spacial score (nSPS) is 11.9.